The third-order valence-electron chi connectivity index (χ3n) is 1.92. The third-order valence-corrected chi connectivity index (χ3v) is 3.45. The van der Waals surface area contributed by atoms with Crippen LogP contribution in [0.4, 0.5) is 0 Å². The van der Waals surface area contributed by atoms with Gasteiger partial charge in [0.1, 0.15) is 11.3 Å². The van der Waals surface area contributed by atoms with Crippen LogP contribution in [0.2, 0.25) is 0 Å². The normalized spacial score (nSPS) is 10.6. The van der Waals surface area contributed by atoms with Crippen LogP contribution in [0.25, 0.3) is 10.1 Å². The molecule has 2 N–H and O–H groups in total. The lowest BCUT2D eigenvalue weighted by Gasteiger charge is -2.03. The topological polar surface area (TPSA) is 57.5 Å². The second-order valence-corrected chi connectivity index (χ2v) is 4.13. The molecule has 0 radical (unpaired) electrons. The van der Waals surface area contributed by atoms with Crippen molar-refractivity contribution in [3.05, 3.63) is 23.1 Å². The fraction of sp³-hybridized carbons (Fsp3) is 0. The number of aromatic carboxylic acids is 1. The van der Waals surface area contributed by atoms with Gasteiger partial charge >= 0.3 is 5.97 Å². The summed E-state index contributed by atoms with van der Waals surface area (Å²) in [7, 11) is 0. The minimum absolute atomic E-state index is 0.110. The van der Waals surface area contributed by atoms with Gasteiger partial charge in [-0.15, -0.1) is 24.0 Å². The number of aromatic hydroxyl groups is 1. The Bertz CT molecular complexity index is 516. The van der Waals surface area contributed by atoms with E-state index in [1.54, 1.807) is 6.07 Å². The first-order valence-electron chi connectivity index (χ1n) is 3.76. The molecule has 0 atom stereocenters. The van der Waals surface area contributed by atoms with Gasteiger partial charge in [0.2, 0.25) is 0 Å². The van der Waals surface area contributed by atoms with E-state index in [4.69, 9.17) is 5.11 Å². The van der Waals surface area contributed by atoms with Gasteiger partial charge in [0, 0.05) is 0 Å². The standard InChI is InChI=1S/C9H6O3S2/c10-6-5(9(11)12)3-4-1-2-14-8(4)7(6)13/h1-3,10,13H,(H,11,12). The first kappa shape index (κ1) is 9.36. The van der Waals surface area contributed by atoms with Crippen molar-refractivity contribution in [2.75, 3.05) is 0 Å². The van der Waals surface area contributed by atoms with Crippen LogP contribution in [0.5, 0.6) is 5.75 Å². The van der Waals surface area contributed by atoms with Gasteiger partial charge in [-0.2, -0.15) is 0 Å². The minimum Gasteiger partial charge on any atom is -0.506 e. The number of fused-ring (bicyclic) bond motifs is 1. The van der Waals surface area contributed by atoms with Crippen LogP contribution in [-0.2, 0) is 0 Å². The molecule has 0 bridgehead atoms. The minimum atomic E-state index is -1.15. The van der Waals surface area contributed by atoms with Crippen LogP contribution >= 0.6 is 24.0 Å². The molecule has 72 valence electrons. The summed E-state index contributed by atoms with van der Waals surface area (Å²) >= 11 is 5.51. The van der Waals surface area contributed by atoms with Crippen LogP contribution in [0.3, 0.4) is 0 Å². The molecule has 2 rings (SSSR count). The van der Waals surface area contributed by atoms with Gasteiger partial charge in [0.05, 0.1) is 9.60 Å². The summed E-state index contributed by atoms with van der Waals surface area (Å²) in [5, 5.41) is 20.9. The van der Waals surface area contributed by atoms with Crippen LogP contribution < -0.4 is 0 Å². The number of thiol groups is 1. The molecule has 0 saturated heterocycles. The number of thiophene rings is 1. The molecule has 1 aromatic carbocycles. The highest BCUT2D eigenvalue weighted by molar-refractivity contribution is 7.81. The zero-order valence-corrected chi connectivity index (χ0v) is 8.60. The van der Waals surface area contributed by atoms with Crippen LogP contribution in [0.1, 0.15) is 10.4 Å². The molecule has 1 heterocycles. The quantitative estimate of drug-likeness (QED) is 0.655. The summed E-state index contributed by atoms with van der Waals surface area (Å²) in [6.45, 7) is 0. The number of benzene rings is 1. The van der Waals surface area contributed by atoms with E-state index in [1.165, 1.54) is 17.4 Å². The number of hydrogen-bond donors (Lipinski definition) is 3. The zero-order valence-electron chi connectivity index (χ0n) is 6.89. The molecular weight excluding hydrogens is 220 g/mol. The van der Waals surface area contributed by atoms with Gasteiger partial charge in [-0.3, -0.25) is 0 Å². The summed E-state index contributed by atoms with van der Waals surface area (Å²) < 4.78 is 0.802. The lowest BCUT2D eigenvalue weighted by atomic mass is 10.1. The molecule has 3 nitrogen and oxygen atoms in total. The van der Waals surface area contributed by atoms with E-state index in [0.29, 0.717) is 4.90 Å². The smallest absolute Gasteiger partial charge is 0.339 e. The van der Waals surface area contributed by atoms with Gasteiger partial charge < -0.3 is 10.2 Å². The predicted octanol–water partition coefficient (Wildman–Crippen LogP) is 2.59. The van der Waals surface area contributed by atoms with E-state index < -0.39 is 5.97 Å². The van der Waals surface area contributed by atoms with E-state index in [-0.39, 0.29) is 11.3 Å². The van der Waals surface area contributed by atoms with Crippen molar-refractivity contribution in [2.24, 2.45) is 0 Å². The summed E-state index contributed by atoms with van der Waals surface area (Å²) in [6, 6.07) is 3.24. The van der Waals surface area contributed by atoms with Crippen molar-refractivity contribution < 1.29 is 15.0 Å². The molecule has 14 heavy (non-hydrogen) atoms. The Hall–Kier alpha value is -1.20. The SMILES string of the molecule is O=C(O)c1cc2ccsc2c(S)c1O. The molecule has 0 spiro atoms. The molecule has 0 fully saturated rings. The van der Waals surface area contributed by atoms with Crippen LogP contribution in [-0.4, -0.2) is 16.2 Å². The largest absolute Gasteiger partial charge is 0.506 e. The maximum atomic E-state index is 10.7. The van der Waals surface area contributed by atoms with Crippen molar-refractivity contribution in [2.45, 2.75) is 4.90 Å². The zero-order chi connectivity index (χ0) is 10.3. The van der Waals surface area contributed by atoms with Gasteiger partial charge in [0.15, 0.2) is 0 Å². The number of phenols is 1. The number of hydrogen-bond acceptors (Lipinski definition) is 4. The predicted molar refractivity (Wildman–Crippen MR) is 57.7 cm³/mol. The first-order chi connectivity index (χ1) is 6.61. The lowest BCUT2D eigenvalue weighted by molar-refractivity contribution is 0.0693. The molecule has 0 aliphatic heterocycles. The van der Waals surface area contributed by atoms with Gasteiger partial charge in [-0.25, -0.2) is 4.79 Å². The summed E-state index contributed by atoms with van der Waals surface area (Å²) in [6.07, 6.45) is 0. The summed E-state index contributed by atoms with van der Waals surface area (Å²) in [5.41, 5.74) is -0.110. The Morgan fingerprint density at radius 1 is 1.50 bits per heavy atom. The van der Waals surface area contributed by atoms with E-state index >= 15 is 0 Å². The summed E-state index contributed by atoms with van der Waals surface area (Å²) in [5.74, 6) is -1.42. The van der Waals surface area contributed by atoms with Gasteiger partial charge in [0.25, 0.3) is 0 Å². The molecular formula is C9H6O3S2. The highest BCUT2D eigenvalue weighted by atomic mass is 32.1. The number of carboxylic acid groups (broad SMARTS) is 1. The second-order valence-electron chi connectivity index (χ2n) is 2.77. The highest BCUT2D eigenvalue weighted by Crippen LogP contribution is 2.36. The van der Waals surface area contributed by atoms with Crippen LogP contribution in [0.15, 0.2) is 22.4 Å². The molecule has 0 unspecified atom stereocenters. The fourth-order valence-electron chi connectivity index (χ4n) is 1.25. The fourth-order valence-corrected chi connectivity index (χ4v) is 2.48. The third kappa shape index (κ3) is 1.25. The average molecular weight is 226 g/mol. The number of rotatable bonds is 1. The monoisotopic (exact) mass is 226 g/mol. The van der Waals surface area contributed by atoms with Crippen molar-refractivity contribution in [1.29, 1.82) is 0 Å². The van der Waals surface area contributed by atoms with Gasteiger partial charge in [-0.05, 0) is 22.9 Å². The Balaban J connectivity index is 2.87. The molecule has 2 aromatic rings. The van der Waals surface area contributed by atoms with Crippen molar-refractivity contribution in [3.8, 4) is 5.75 Å². The van der Waals surface area contributed by atoms with Crippen molar-refractivity contribution in [3.63, 3.8) is 0 Å². The maximum Gasteiger partial charge on any atom is 0.339 e. The molecule has 5 heteroatoms. The molecule has 0 saturated carbocycles. The molecule has 0 aliphatic rings. The van der Waals surface area contributed by atoms with E-state index in [9.17, 15) is 9.90 Å². The Labute approximate surface area is 89.0 Å². The number of carbonyl (C=O) groups is 1. The van der Waals surface area contributed by atoms with E-state index in [1.807, 2.05) is 5.38 Å². The first-order valence-corrected chi connectivity index (χ1v) is 5.09. The molecule has 0 amide bonds. The van der Waals surface area contributed by atoms with E-state index in [0.717, 1.165) is 10.1 Å². The Morgan fingerprint density at radius 2 is 2.21 bits per heavy atom. The van der Waals surface area contributed by atoms with Crippen molar-refractivity contribution in [1.82, 2.24) is 0 Å². The maximum absolute atomic E-state index is 10.7. The van der Waals surface area contributed by atoms with Gasteiger partial charge in [-0.1, -0.05) is 0 Å². The molecule has 1 aromatic heterocycles. The van der Waals surface area contributed by atoms with E-state index in [2.05, 4.69) is 12.6 Å². The second kappa shape index (κ2) is 3.18. The highest BCUT2D eigenvalue weighted by Gasteiger charge is 2.15. The molecule has 0 aliphatic carbocycles. The number of carboxylic acids is 1. The lowest BCUT2D eigenvalue weighted by Crippen LogP contribution is -1.96. The Morgan fingerprint density at radius 3 is 2.86 bits per heavy atom. The average Bonchev–Trinajstić information content (AvgIpc) is 2.58. The Kier molecular flexibility index (Phi) is 2.13. The summed E-state index contributed by atoms with van der Waals surface area (Å²) in [4.78, 5) is 11.1. The van der Waals surface area contributed by atoms with Crippen molar-refractivity contribution >= 4 is 40.0 Å². The van der Waals surface area contributed by atoms with Crippen LogP contribution in [0, 0.1) is 0 Å².